The van der Waals surface area contributed by atoms with Gasteiger partial charge in [-0.05, 0) is 49.4 Å². The number of alkyl halides is 3. The van der Waals surface area contributed by atoms with E-state index in [9.17, 15) is 22.5 Å². The van der Waals surface area contributed by atoms with Gasteiger partial charge in [-0.1, -0.05) is 11.6 Å². The Morgan fingerprint density at radius 2 is 1.77 bits per heavy atom. The van der Waals surface area contributed by atoms with Crippen LogP contribution in [0.5, 0.6) is 17.2 Å². The molecule has 0 saturated carbocycles. The molecule has 0 radical (unpaired) electrons. The van der Waals surface area contributed by atoms with E-state index >= 15 is 0 Å². The number of amides is 1. The highest BCUT2D eigenvalue weighted by Crippen LogP contribution is 2.36. The smallest absolute Gasteiger partial charge is 0.416 e. The van der Waals surface area contributed by atoms with Crippen LogP contribution in [-0.4, -0.2) is 34.5 Å². The van der Waals surface area contributed by atoms with E-state index in [1.807, 2.05) is 0 Å². The second-order valence-corrected chi connectivity index (χ2v) is 8.34. The average molecular weight is 468 g/mol. The van der Waals surface area contributed by atoms with E-state index in [1.165, 1.54) is 31.2 Å². The van der Waals surface area contributed by atoms with E-state index < -0.39 is 37.5 Å². The highest BCUT2D eigenvalue weighted by atomic mass is 35.5. The molecule has 0 aliphatic carbocycles. The molecule has 12 heteroatoms. The third kappa shape index (κ3) is 7.53. The van der Waals surface area contributed by atoms with Crippen LogP contribution >= 0.6 is 19.2 Å². The zero-order valence-corrected chi connectivity index (χ0v) is 17.2. The molecule has 30 heavy (non-hydrogen) atoms. The molecule has 0 bridgehead atoms. The minimum Gasteiger partial charge on any atom is -0.481 e. The number of carbonyl (C=O) groups excluding carboxylic acids is 1. The van der Waals surface area contributed by atoms with Crippen molar-refractivity contribution in [2.24, 2.45) is 0 Å². The van der Waals surface area contributed by atoms with Crippen molar-refractivity contribution in [2.45, 2.75) is 19.2 Å². The predicted octanol–water partition coefficient (Wildman–Crippen LogP) is 4.21. The standard InChI is InChI=1S/C18H18ClF3NO6P/c1-11(17(24)23-8-9-30(25,26)27)28-13-3-5-14(6-4-13)29-16-7-2-12(10-15(16)19)18(20,21)22/h2-7,10-11H,8-9H2,1H3,(H,23,24)(H2,25,26,27). The summed E-state index contributed by atoms with van der Waals surface area (Å²) in [6.45, 7) is 1.26. The summed E-state index contributed by atoms with van der Waals surface area (Å²) < 4.78 is 59.7. The molecule has 1 atom stereocenters. The number of benzene rings is 2. The molecule has 2 aromatic carbocycles. The Morgan fingerprint density at radius 3 is 2.30 bits per heavy atom. The maximum atomic E-state index is 12.7. The van der Waals surface area contributed by atoms with Crippen LogP contribution in [0.15, 0.2) is 42.5 Å². The lowest BCUT2D eigenvalue weighted by atomic mass is 10.2. The second-order valence-electron chi connectivity index (χ2n) is 6.16. The molecule has 0 fully saturated rings. The van der Waals surface area contributed by atoms with Crippen LogP contribution in [0.4, 0.5) is 13.2 Å². The second kappa shape index (κ2) is 9.70. The van der Waals surface area contributed by atoms with Crippen LogP contribution in [-0.2, 0) is 15.5 Å². The van der Waals surface area contributed by atoms with Crippen molar-refractivity contribution in [2.75, 3.05) is 12.7 Å². The minimum atomic E-state index is -4.51. The summed E-state index contributed by atoms with van der Waals surface area (Å²) in [5, 5.41) is 2.15. The van der Waals surface area contributed by atoms with Gasteiger partial charge in [0.05, 0.1) is 16.7 Å². The fraction of sp³-hybridized carbons (Fsp3) is 0.278. The zero-order valence-electron chi connectivity index (χ0n) is 15.5. The van der Waals surface area contributed by atoms with E-state index in [-0.39, 0.29) is 23.1 Å². The van der Waals surface area contributed by atoms with Crippen LogP contribution in [0.25, 0.3) is 0 Å². The Bertz CT molecular complexity index is 933. The summed E-state index contributed by atoms with van der Waals surface area (Å²) in [6.07, 6.45) is -5.93. The molecule has 0 aliphatic heterocycles. The third-order valence-corrected chi connectivity index (χ3v) is 4.80. The Hall–Kier alpha value is -2.26. The van der Waals surface area contributed by atoms with Crippen molar-refractivity contribution in [1.29, 1.82) is 0 Å². The number of nitrogens with one attached hydrogen (secondary N) is 1. The van der Waals surface area contributed by atoms with E-state index in [0.29, 0.717) is 5.75 Å². The Labute approximate surface area is 174 Å². The lowest BCUT2D eigenvalue weighted by Crippen LogP contribution is -2.37. The lowest BCUT2D eigenvalue weighted by Gasteiger charge is -2.15. The van der Waals surface area contributed by atoms with Gasteiger partial charge in [0.2, 0.25) is 0 Å². The fourth-order valence-corrected chi connectivity index (χ4v) is 2.82. The number of hydrogen-bond acceptors (Lipinski definition) is 4. The lowest BCUT2D eigenvalue weighted by molar-refractivity contribution is -0.137. The van der Waals surface area contributed by atoms with E-state index in [4.69, 9.17) is 30.9 Å². The van der Waals surface area contributed by atoms with Crippen molar-refractivity contribution in [1.82, 2.24) is 5.32 Å². The van der Waals surface area contributed by atoms with Crippen LogP contribution in [0, 0.1) is 0 Å². The number of halogens is 4. The first-order valence-corrected chi connectivity index (χ1v) is 10.7. The van der Waals surface area contributed by atoms with Crippen molar-refractivity contribution in [3.05, 3.63) is 53.1 Å². The first-order valence-electron chi connectivity index (χ1n) is 8.49. The molecule has 0 aromatic heterocycles. The fourth-order valence-electron chi connectivity index (χ4n) is 2.20. The van der Waals surface area contributed by atoms with Crippen LogP contribution in [0.3, 0.4) is 0 Å². The normalized spacial score (nSPS) is 12.9. The number of carbonyl (C=O) groups is 1. The first-order chi connectivity index (χ1) is 13.8. The summed E-state index contributed by atoms with van der Waals surface area (Å²) >= 11 is 5.85. The van der Waals surface area contributed by atoms with Gasteiger partial charge in [0.15, 0.2) is 6.10 Å². The Kier molecular flexibility index (Phi) is 7.76. The van der Waals surface area contributed by atoms with Gasteiger partial charge in [-0.15, -0.1) is 0 Å². The summed E-state index contributed by atoms with van der Waals surface area (Å²) in [6, 6.07) is 8.63. The molecule has 1 unspecified atom stereocenters. The zero-order chi connectivity index (χ0) is 22.5. The first kappa shape index (κ1) is 24.0. The number of rotatable bonds is 8. The average Bonchev–Trinajstić information content (AvgIpc) is 2.63. The molecular formula is C18H18ClF3NO6P. The summed E-state index contributed by atoms with van der Waals surface area (Å²) in [5.74, 6) is 0.0673. The van der Waals surface area contributed by atoms with Crippen LogP contribution < -0.4 is 14.8 Å². The van der Waals surface area contributed by atoms with Gasteiger partial charge in [-0.2, -0.15) is 13.2 Å². The summed E-state index contributed by atoms with van der Waals surface area (Å²) in [7, 11) is -4.20. The van der Waals surface area contributed by atoms with Gasteiger partial charge in [-0.3, -0.25) is 9.36 Å². The SMILES string of the molecule is CC(Oc1ccc(Oc2ccc(C(F)(F)F)cc2Cl)cc1)C(=O)NCCP(=O)(O)O. The Balaban J connectivity index is 1.93. The third-order valence-electron chi connectivity index (χ3n) is 3.70. The molecule has 0 heterocycles. The maximum absolute atomic E-state index is 12.7. The largest absolute Gasteiger partial charge is 0.481 e. The van der Waals surface area contributed by atoms with E-state index in [0.717, 1.165) is 18.2 Å². The molecule has 7 nitrogen and oxygen atoms in total. The van der Waals surface area contributed by atoms with Gasteiger partial charge in [0.1, 0.15) is 17.2 Å². The quantitative estimate of drug-likeness (QED) is 0.502. The van der Waals surface area contributed by atoms with Crippen molar-refractivity contribution in [3.8, 4) is 17.2 Å². The van der Waals surface area contributed by atoms with Crippen molar-refractivity contribution < 1.29 is 41.8 Å². The molecule has 0 aliphatic rings. The van der Waals surface area contributed by atoms with Gasteiger partial charge >= 0.3 is 13.8 Å². The molecule has 2 aromatic rings. The van der Waals surface area contributed by atoms with Crippen molar-refractivity contribution >= 4 is 25.1 Å². The molecule has 164 valence electrons. The minimum absolute atomic E-state index is 0.0381. The highest BCUT2D eigenvalue weighted by Gasteiger charge is 2.31. The molecule has 3 N–H and O–H groups in total. The molecule has 0 spiro atoms. The maximum Gasteiger partial charge on any atom is 0.416 e. The van der Waals surface area contributed by atoms with E-state index in [2.05, 4.69) is 5.32 Å². The van der Waals surface area contributed by atoms with Gasteiger partial charge in [0.25, 0.3) is 5.91 Å². The Morgan fingerprint density at radius 1 is 1.17 bits per heavy atom. The van der Waals surface area contributed by atoms with Gasteiger partial charge < -0.3 is 24.6 Å². The molecule has 1 amide bonds. The monoisotopic (exact) mass is 467 g/mol. The molecule has 2 rings (SSSR count). The topological polar surface area (TPSA) is 105 Å². The number of hydrogen-bond donors (Lipinski definition) is 3. The van der Waals surface area contributed by atoms with Crippen LogP contribution in [0.1, 0.15) is 12.5 Å². The van der Waals surface area contributed by atoms with Crippen molar-refractivity contribution in [3.63, 3.8) is 0 Å². The number of ether oxygens (including phenoxy) is 2. The van der Waals surface area contributed by atoms with Gasteiger partial charge in [0, 0.05) is 6.54 Å². The summed E-state index contributed by atoms with van der Waals surface area (Å²) in [4.78, 5) is 29.4. The van der Waals surface area contributed by atoms with Gasteiger partial charge in [-0.25, -0.2) is 0 Å². The highest BCUT2D eigenvalue weighted by molar-refractivity contribution is 7.51. The molecule has 0 saturated heterocycles. The summed E-state index contributed by atoms with van der Waals surface area (Å²) in [5.41, 5.74) is -0.892. The van der Waals surface area contributed by atoms with E-state index in [1.54, 1.807) is 0 Å². The van der Waals surface area contributed by atoms with Crippen LogP contribution in [0.2, 0.25) is 5.02 Å². The molecular weight excluding hydrogens is 450 g/mol. The predicted molar refractivity (Wildman–Crippen MR) is 103 cm³/mol.